The van der Waals surface area contributed by atoms with Crippen LogP contribution in [0.2, 0.25) is 5.15 Å². The molecule has 0 radical (unpaired) electrons. The molecule has 2 heterocycles. The standard InChI is InChI=1S/C18H14ClN5/c19-16-6-17(22-10-21-16)24-15-5-13(4-3-12(15)8-23-24)18(9-20)7-14(18)11-1-2-11/h3-6,8,10-11,14H,1-2,7H2. The maximum atomic E-state index is 9.79. The van der Waals surface area contributed by atoms with Crippen molar-refractivity contribution in [3.8, 4) is 11.9 Å². The van der Waals surface area contributed by atoms with Crippen LogP contribution in [0.5, 0.6) is 0 Å². The molecule has 0 amide bonds. The van der Waals surface area contributed by atoms with Gasteiger partial charge in [0.25, 0.3) is 0 Å². The van der Waals surface area contributed by atoms with Gasteiger partial charge in [-0.3, -0.25) is 0 Å². The molecule has 2 unspecified atom stereocenters. The zero-order valence-electron chi connectivity index (χ0n) is 12.9. The molecule has 5 nitrogen and oxygen atoms in total. The number of aromatic nitrogens is 4. The van der Waals surface area contributed by atoms with E-state index >= 15 is 0 Å². The minimum atomic E-state index is -0.312. The van der Waals surface area contributed by atoms with Crippen molar-refractivity contribution in [3.05, 3.63) is 47.5 Å². The summed E-state index contributed by atoms with van der Waals surface area (Å²) < 4.78 is 1.76. The van der Waals surface area contributed by atoms with Gasteiger partial charge in [0, 0.05) is 11.5 Å². The quantitative estimate of drug-likeness (QED) is 0.685. The molecule has 2 aliphatic rings. The van der Waals surface area contributed by atoms with Crippen LogP contribution < -0.4 is 0 Å². The van der Waals surface area contributed by atoms with Crippen molar-refractivity contribution in [1.82, 2.24) is 19.7 Å². The van der Waals surface area contributed by atoms with Crippen molar-refractivity contribution in [2.75, 3.05) is 0 Å². The highest BCUT2D eigenvalue weighted by Gasteiger charge is 2.61. The van der Waals surface area contributed by atoms with Crippen molar-refractivity contribution in [2.24, 2.45) is 11.8 Å². The van der Waals surface area contributed by atoms with Crippen LogP contribution in [-0.2, 0) is 5.41 Å². The van der Waals surface area contributed by atoms with E-state index in [0.717, 1.165) is 28.8 Å². The Labute approximate surface area is 143 Å². The molecule has 2 aromatic heterocycles. The van der Waals surface area contributed by atoms with Crippen LogP contribution in [0.1, 0.15) is 24.8 Å². The molecule has 2 atom stereocenters. The summed E-state index contributed by atoms with van der Waals surface area (Å²) in [5.74, 6) is 1.89. The maximum absolute atomic E-state index is 9.79. The summed E-state index contributed by atoms with van der Waals surface area (Å²) in [5, 5.41) is 15.6. The van der Waals surface area contributed by atoms with E-state index in [0.29, 0.717) is 16.9 Å². The summed E-state index contributed by atoms with van der Waals surface area (Å²) in [4.78, 5) is 8.17. The van der Waals surface area contributed by atoms with Gasteiger partial charge >= 0.3 is 0 Å². The Bertz CT molecular complexity index is 1000. The fourth-order valence-electron chi connectivity index (χ4n) is 3.80. The van der Waals surface area contributed by atoms with Gasteiger partial charge in [0.15, 0.2) is 5.82 Å². The first kappa shape index (κ1) is 13.9. The van der Waals surface area contributed by atoms with Gasteiger partial charge in [-0.2, -0.15) is 10.4 Å². The zero-order chi connectivity index (χ0) is 16.3. The van der Waals surface area contributed by atoms with Gasteiger partial charge in [-0.25, -0.2) is 14.6 Å². The molecule has 3 aromatic rings. The minimum Gasteiger partial charge on any atom is -0.224 e. The van der Waals surface area contributed by atoms with E-state index in [1.807, 2.05) is 6.07 Å². The predicted octanol–water partition coefficient (Wildman–Crippen LogP) is 3.66. The number of hydrogen-bond acceptors (Lipinski definition) is 4. The average molecular weight is 336 g/mol. The third-order valence-electron chi connectivity index (χ3n) is 5.33. The second kappa shape index (κ2) is 4.78. The molecule has 2 fully saturated rings. The highest BCUT2D eigenvalue weighted by Crippen LogP contribution is 2.63. The predicted molar refractivity (Wildman–Crippen MR) is 89.8 cm³/mol. The van der Waals surface area contributed by atoms with E-state index in [1.165, 1.54) is 19.2 Å². The third kappa shape index (κ3) is 1.96. The molecular weight excluding hydrogens is 322 g/mol. The summed E-state index contributed by atoms with van der Waals surface area (Å²) in [7, 11) is 0. The molecule has 0 bridgehead atoms. The van der Waals surface area contributed by atoms with E-state index in [9.17, 15) is 5.26 Å². The molecule has 0 saturated heterocycles. The first-order chi connectivity index (χ1) is 11.7. The molecule has 2 aliphatic carbocycles. The van der Waals surface area contributed by atoms with Crippen LogP contribution in [0, 0.1) is 23.2 Å². The first-order valence-corrected chi connectivity index (χ1v) is 8.46. The molecule has 5 rings (SSSR count). The van der Waals surface area contributed by atoms with Crippen molar-refractivity contribution in [3.63, 3.8) is 0 Å². The zero-order valence-corrected chi connectivity index (χ0v) is 13.6. The average Bonchev–Trinajstić information content (AvgIpc) is 3.49. The molecule has 118 valence electrons. The Balaban J connectivity index is 1.63. The highest BCUT2D eigenvalue weighted by molar-refractivity contribution is 6.29. The normalized spacial score (nSPS) is 25.6. The van der Waals surface area contributed by atoms with E-state index in [1.54, 1.807) is 16.9 Å². The van der Waals surface area contributed by atoms with Gasteiger partial charge in [-0.05, 0) is 42.7 Å². The number of hydrogen-bond donors (Lipinski definition) is 0. The number of benzene rings is 1. The summed E-state index contributed by atoms with van der Waals surface area (Å²) in [6, 6.07) is 10.5. The number of fused-ring (bicyclic) bond motifs is 1. The number of nitriles is 1. The third-order valence-corrected chi connectivity index (χ3v) is 5.53. The lowest BCUT2D eigenvalue weighted by molar-refractivity contribution is 0.641. The Morgan fingerprint density at radius 1 is 1.25 bits per heavy atom. The largest absolute Gasteiger partial charge is 0.224 e. The Morgan fingerprint density at radius 3 is 2.88 bits per heavy atom. The fourth-order valence-corrected chi connectivity index (χ4v) is 3.94. The Hall–Kier alpha value is -2.45. The van der Waals surface area contributed by atoms with Crippen molar-refractivity contribution >= 4 is 22.5 Å². The van der Waals surface area contributed by atoms with E-state index in [2.05, 4.69) is 33.3 Å². The van der Waals surface area contributed by atoms with E-state index in [-0.39, 0.29) is 5.41 Å². The van der Waals surface area contributed by atoms with Crippen molar-refractivity contribution in [1.29, 1.82) is 5.26 Å². The van der Waals surface area contributed by atoms with Crippen LogP contribution in [-0.4, -0.2) is 19.7 Å². The van der Waals surface area contributed by atoms with Crippen molar-refractivity contribution < 1.29 is 0 Å². The summed E-state index contributed by atoms with van der Waals surface area (Å²) in [6.45, 7) is 0. The topological polar surface area (TPSA) is 67.4 Å². The number of halogens is 1. The monoisotopic (exact) mass is 335 g/mol. The smallest absolute Gasteiger partial charge is 0.158 e. The van der Waals surface area contributed by atoms with Crippen LogP contribution in [0.15, 0.2) is 36.8 Å². The molecule has 0 spiro atoms. The molecular formula is C18H14ClN5. The van der Waals surface area contributed by atoms with Gasteiger partial charge < -0.3 is 0 Å². The van der Waals surface area contributed by atoms with Gasteiger partial charge in [0.2, 0.25) is 0 Å². The number of rotatable bonds is 3. The second-order valence-electron chi connectivity index (χ2n) is 6.76. The Morgan fingerprint density at radius 2 is 2.12 bits per heavy atom. The molecule has 0 N–H and O–H groups in total. The van der Waals surface area contributed by atoms with Crippen LogP contribution in [0.3, 0.4) is 0 Å². The molecule has 1 aromatic carbocycles. The number of nitrogens with zero attached hydrogens (tertiary/aromatic N) is 5. The van der Waals surface area contributed by atoms with Crippen molar-refractivity contribution in [2.45, 2.75) is 24.7 Å². The van der Waals surface area contributed by atoms with Gasteiger partial charge in [-0.15, -0.1) is 0 Å². The van der Waals surface area contributed by atoms with Gasteiger partial charge in [0.1, 0.15) is 11.5 Å². The van der Waals surface area contributed by atoms with Crippen LogP contribution in [0.25, 0.3) is 16.7 Å². The summed E-state index contributed by atoms with van der Waals surface area (Å²) in [6.07, 6.45) is 6.75. The van der Waals surface area contributed by atoms with Gasteiger partial charge in [0.05, 0.1) is 23.2 Å². The van der Waals surface area contributed by atoms with E-state index in [4.69, 9.17) is 11.6 Å². The molecule has 0 aliphatic heterocycles. The van der Waals surface area contributed by atoms with Crippen LogP contribution in [0.4, 0.5) is 0 Å². The fraction of sp³-hybridized carbons (Fsp3) is 0.333. The lowest BCUT2D eigenvalue weighted by Gasteiger charge is -2.10. The lowest BCUT2D eigenvalue weighted by atomic mass is 9.92. The highest BCUT2D eigenvalue weighted by atomic mass is 35.5. The second-order valence-corrected chi connectivity index (χ2v) is 7.15. The minimum absolute atomic E-state index is 0.312. The Kier molecular flexibility index (Phi) is 2.77. The summed E-state index contributed by atoms with van der Waals surface area (Å²) in [5.41, 5.74) is 1.72. The molecule has 2 saturated carbocycles. The van der Waals surface area contributed by atoms with E-state index < -0.39 is 0 Å². The lowest BCUT2D eigenvalue weighted by Crippen LogP contribution is -2.08. The molecule has 24 heavy (non-hydrogen) atoms. The first-order valence-electron chi connectivity index (χ1n) is 8.09. The molecule has 6 heteroatoms. The van der Waals surface area contributed by atoms with Crippen LogP contribution >= 0.6 is 11.6 Å². The maximum Gasteiger partial charge on any atom is 0.158 e. The SMILES string of the molecule is N#CC1(c2ccc3cnn(-c4cc(Cl)ncn4)c3c2)CC1C1CC1. The van der Waals surface area contributed by atoms with Gasteiger partial charge in [-0.1, -0.05) is 23.7 Å². The summed E-state index contributed by atoms with van der Waals surface area (Å²) >= 11 is 5.97.